The quantitative estimate of drug-likeness (QED) is 0.612. The third kappa shape index (κ3) is 4.41. The van der Waals surface area contributed by atoms with Crippen LogP contribution in [0.4, 0.5) is 0 Å². The Morgan fingerprint density at radius 2 is 2.03 bits per heavy atom. The van der Waals surface area contributed by atoms with Crippen LogP contribution in [0.2, 0.25) is 0 Å². The highest BCUT2D eigenvalue weighted by atomic mass is 32.1. The normalized spacial score (nSPS) is 19.4. The molecule has 0 aliphatic carbocycles. The van der Waals surface area contributed by atoms with Gasteiger partial charge in [0.1, 0.15) is 0 Å². The number of carbonyl (C=O) groups excluding carboxylic acids is 1. The van der Waals surface area contributed by atoms with Crippen LogP contribution in [0.25, 0.3) is 11.1 Å². The topological polar surface area (TPSA) is 36.4 Å². The summed E-state index contributed by atoms with van der Waals surface area (Å²) in [5.74, 6) is 0.234. The van der Waals surface area contributed by atoms with Gasteiger partial charge in [-0.1, -0.05) is 36.4 Å². The number of nitrogens with zero attached hydrogens (tertiary/aromatic N) is 3. The van der Waals surface area contributed by atoms with Gasteiger partial charge in [0.2, 0.25) is 5.91 Å². The lowest BCUT2D eigenvalue weighted by atomic mass is 9.79. The van der Waals surface area contributed by atoms with Crippen molar-refractivity contribution in [2.45, 2.75) is 19.4 Å². The van der Waals surface area contributed by atoms with E-state index in [0.29, 0.717) is 0 Å². The van der Waals surface area contributed by atoms with E-state index in [-0.39, 0.29) is 11.3 Å². The van der Waals surface area contributed by atoms with Gasteiger partial charge in [0.05, 0.1) is 5.41 Å². The summed E-state index contributed by atoms with van der Waals surface area (Å²) in [5, 5.41) is 2.12. The molecule has 1 aromatic carbocycles. The van der Waals surface area contributed by atoms with Crippen LogP contribution in [-0.2, 0) is 17.8 Å². The fourth-order valence-corrected chi connectivity index (χ4v) is 5.12. The third-order valence-corrected chi connectivity index (χ3v) is 6.58. The average molecular weight is 406 g/mol. The lowest BCUT2D eigenvalue weighted by Crippen LogP contribution is -2.43. The van der Waals surface area contributed by atoms with E-state index in [2.05, 4.69) is 57.7 Å². The summed E-state index contributed by atoms with van der Waals surface area (Å²) in [6.07, 6.45) is 5.34. The van der Waals surface area contributed by atoms with Crippen LogP contribution in [0.5, 0.6) is 0 Å². The van der Waals surface area contributed by atoms with Crippen LogP contribution in [0.3, 0.4) is 0 Å². The maximum atomic E-state index is 13.3. The van der Waals surface area contributed by atoms with Gasteiger partial charge in [0.15, 0.2) is 0 Å². The van der Waals surface area contributed by atoms with Gasteiger partial charge in [0.25, 0.3) is 0 Å². The molecule has 1 aliphatic rings. The summed E-state index contributed by atoms with van der Waals surface area (Å²) < 4.78 is 0. The highest BCUT2D eigenvalue weighted by molar-refractivity contribution is 7.09. The summed E-state index contributed by atoms with van der Waals surface area (Å²) in [6.45, 7) is 2.69. The number of aromatic nitrogens is 1. The Balaban J connectivity index is 1.58. The summed E-state index contributed by atoms with van der Waals surface area (Å²) in [5.41, 5.74) is 3.10. The van der Waals surface area contributed by atoms with Gasteiger partial charge in [-0.2, -0.15) is 0 Å². The minimum absolute atomic E-state index is 0.234. The number of rotatable bonds is 6. The Labute approximate surface area is 176 Å². The fourth-order valence-electron chi connectivity index (χ4n) is 4.37. The zero-order valence-electron chi connectivity index (χ0n) is 17.0. The van der Waals surface area contributed by atoms with E-state index in [1.54, 1.807) is 22.4 Å². The van der Waals surface area contributed by atoms with E-state index in [4.69, 9.17) is 0 Å². The Morgan fingerprint density at radius 3 is 2.76 bits per heavy atom. The number of pyridine rings is 1. The first-order chi connectivity index (χ1) is 14.1. The molecule has 4 nitrogen and oxygen atoms in total. The predicted octanol–water partition coefficient (Wildman–Crippen LogP) is 4.33. The minimum atomic E-state index is -0.367. The van der Waals surface area contributed by atoms with Gasteiger partial charge >= 0.3 is 0 Å². The molecule has 0 radical (unpaired) electrons. The number of amides is 1. The van der Waals surface area contributed by atoms with Crippen molar-refractivity contribution in [2.75, 3.05) is 27.2 Å². The van der Waals surface area contributed by atoms with Crippen molar-refractivity contribution in [2.24, 2.45) is 5.41 Å². The predicted molar refractivity (Wildman–Crippen MR) is 119 cm³/mol. The Bertz CT molecular complexity index is 955. The van der Waals surface area contributed by atoms with E-state index in [0.717, 1.165) is 43.6 Å². The summed E-state index contributed by atoms with van der Waals surface area (Å²) >= 11 is 1.79. The zero-order valence-corrected chi connectivity index (χ0v) is 17.9. The van der Waals surface area contributed by atoms with Crippen LogP contribution in [-0.4, -0.2) is 47.9 Å². The SMILES string of the molecule is CN(C)C(=O)C1(Cc2cccc(-c3cccnc3)c2)CCN(Cc2cccs2)C1. The Hall–Kier alpha value is -2.50. The maximum Gasteiger partial charge on any atom is 0.229 e. The summed E-state index contributed by atoms with van der Waals surface area (Å²) in [6, 6.07) is 16.9. The molecule has 0 saturated carbocycles. The molecule has 29 heavy (non-hydrogen) atoms. The lowest BCUT2D eigenvalue weighted by Gasteiger charge is -2.31. The first kappa shape index (κ1) is 19.8. The van der Waals surface area contributed by atoms with Crippen molar-refractivity contribution >= 4 is 17.2 Å². The molecular weight excluding hydrogens is 378 g/mol. The fraction of sp³-hybridized carbons (Fsp3) is 0.333. The minimum Gasteiger partial charge on any atom is -0.348 e. The second-order valence-corrected chi connectivity index (χ2v) is 9.17. The second-order valence-electron chi connectivity index (χ2n) is 8.14. The number of carbonyl (C=O) groups is 1. The van der Waals surface area contributed by atoms with Crippen molar-refractivity contribution in [1.29, 1.82) is 0 Å². The van der Waals surface area contributed by atoms with Crippen LogP contribution >= 0.6 is 11.3 Å². The molecule has 1 saturated heterocycles. The summed E-state index contributed by atoms with van der Waals surface area (Å²) in [4.78, 5) is 23.1. The molecule has 2 aromatic heterocycles. The van der Waals surface area contributed by atoms with E-state index in [1.165, 1.54) is 10.4 Å². The Kier molecular flexibility index (Phi) is 5.79. The Morgan fingerprint density at radius 1 is 1.17 bits per heavy atom. The van der Waals surface area contributed by atoms with Crippen molar-refractivity contribution in [1.82, 2.24) is 14.8 Å². The molecule has 3 heterocycles. The molecule has 3 aromatic rings. The molecule has 1 aliphatic heterocycles. The van der Waals surface area contributed by atoms with Crippen LogP contribution in [0.15, 0.2) is 66.3 Å². The molecular formula is C24H27N3OS. The lowest BCUT2D eigenvalue weighted by molar-refractivity contribution is -0.138. The van der Waals surface area contributed by atoms with Gasteiger partial charge in [-0.25, -0.2) is 0 Å². The molecule has 5 heteroatoms. The number of hydrogen-bond acceptors (Lipinski definition) is 4. The molecule has 0 spiro atoms. The van der Waals surface area contributed by atoms with Crippen LogP contribution in [0, 0.1) is 5.41 Å². The highest BCUT2D eigenvalue weighted by Gasteiger charge is 2.45. The molecule has 0 bridgehead atoms. The maximum absolute atomic E-state index is 13.3. The first-order valence-electron chi connectivity index (χ1n) is 10.0. The number of benzene rings is 1. The number of thiophene rings is 1. The van der Waals surface area contributed by atoms with Crippen molar-refractivity contribution in [3.63, 3.8) is 0 Å². The zero-order chi connectivity index (χ0) is 20.3. The van der Waals surface area contributed by atoms with E-state index in [1.807, 2.05) is 26.4 Å². The summed E-state index contributed by atoms with van der Waals surface area (Å²) in [7, 11) is 3.75. The van der Waals surface area contributed by atoms with Crippen LogP contribution in [0.1, 0.15) is 16.9 Å². The standard InChI is InChI=1S/C24H27N3OS/c1-26(2)23(28)24(10-12-27(18-24)17-22-9-5-13-29-22)15-19-6-3-7-20(14-19)21-8-4-11-25-16-21/h3-9,11,13-14,16H,10,12,15,17-18H2,1-2H3. The second kappa shape index (κ2) is 8.47. The molecule has 0 N–H and O–H groups in total. The molecule has 1 unspecified atom stereocenters. The number of hydrogen-bond donors (Lipinski definition) is 0. The van der Waals surface area contributed by atoms with E-state index < -0.39 is 0 Å². The first-order valence-corrected chi connectivity index (χ1v) is 10.9. The van der Waals surface area contributed by atoms with Gasteiger partial charge in [-0.05, 0) is 53.6 Å². The highest BCUT2D eigenvalue weighted by Crippen LogP contribution is 2.37. The smallest absolute Gasteiger partial charge is 0.229 e. The largest absolute Gasteiger partial charge is 0.348 e. The molecule has 1 atom stereocenters. The van der Waals surface area contributed by atoms with E-state index >= 15 is 0 Å². The van der Waals surface area contributed by atoms with Crippen molar-refractivity contribution in [3.8, 4) is 11.1 Å². The van der Waals surface area contributed by atoms with Gasteiger partial charge in [-0.15, -0.1) is 11.3 Å². The molecule has 4 rings (SSSR count). The molecule has 1 fully saturated rings. The van der Waals surface area contributed by atoms with Gasteiger partial charge in [-0.3, -0.25) is 14.7 Å². The van der Waals surface area contributed by atoms with Gasteiger partial charge < -0.3 is 4.90 Å². The third-order valence-electron chi connectivity index (χ3n) is 5.72. The van der Waals surface area contributed by atoms with Gasteiger partial charge in [0, 0.05) is 44.5 Å². The molecule has 150 valence electrons. The molecule has 1 amide bonds. The van der Waals surface area contributed by atoms with Crippen molar-refractivity contribution < 1.29 is 4.79 Å². The number of likely N-dealkylation sites (tertiary alicyclic amines) is 1. The van der Waals surface area contributed by atoms with Crippen molar-refractivity contribution in [3.05, 3.63) is 76.7 Å². The monoisotopic (exact) mass is 405 g/mol. The van der Waals surface area contributed by atoms with E-state index in [9.17, 15) is 4.79 Å². The average Bonchev–Trinajstić information content (AvgIpc) is 3.39. The van der Waals surface area contributed by atoms with Crippen LogP contribution < -0.4 is 0 Å².